The number of nitrogens with zero attached hydrogens (tertiary/aromatic N) is 3. The van der Waals surface area contributed by atoms with Gasteiger partial charge in [0.25, 0.3) is 5.91 Å². The summed E-state index contributed by atoms with van der Waals surface area (Å²) >= 11 is 6.03. The van der Waals surface area contributed by atoms with Gasteiger partial charge in [0.15, 0.2) is 0 Å². The minimum atomic E-state index is -0.281. The van der Waals surface area contributed by atoms with E-state index < -0.39 is 0 Å². The minimum absolute atomic E-state index is 0.000424. The topological polar surface area (TPSA) is 65.5 Å². The molecule has 1 N–H and O–H groups in total. The first kappa shape index (κ1) is 19.4. The van der Waals surface area contributed by atoms with Crippen LogP contribution < -0.4 is 5.32 Å². The van der Waals surface area contributed by atoms with E-state index in [2.05, 4.69) is 17.2 Å². The molecule has 2 saturated heterocycles. The monoisotopic (exact) mass is 424 g/mol. The Labute approximate surface area is 181 Å². The van der Waals surface area contributed by atoms with E-state index in [0.29, 0.717) is 30.1 Å². The number of carbonyl (C=O) groups excluding carboxylic acids is 2. The first-order valence-electron chi connectivity index (χ1n) is 10.5. The van der Waals surface area contributed by atoms with Gasteiger partial charge < -0.3 is 15.1 Å². The molecule has 4 heterocycles. The maximum atomic E-state index is 13.1. The van der Waals surface area contributed by atoms with Crippen molar-refractivity contribution in [3.63, 3.8) is 0 Å². The second-order valence-corrected chi connectivity index (χ2v) is 9.19. The molecule has 0 spiro atoms. The Morgan fingerprint density at radius 1 is 1.27 bits per heavy atom. The molecule has 0 radical (unpaired) electrons. The number of anilines is 1. The molecule has 0 aliphatic carbocycles. The van der Waals surface area contributed by atoms with Crippen LogP contribution in [0.4, 0.5) is 5.82 Å². The normalized spacial score (nSPS) is 25.5. The second-order valence-electron chi connectivity index (χ2n) is 8.76. The van der Waals surface area contributed by atoms with Crippen molar-refractivity contribution in [2.45, 2.75) is 44.2 Å². The predicted octanol–water partition coefficient (Wildman–Crippen LogP) is 3.46. The Hall–Kier alpha value is -2.60. The Morgan fingerprint density at radius 2 is 2.07 bits per heavy atom. The highest BCUT2D eigenvalue weighted by Gasteiger charge is 2.37. The molecule has 1 aromatic heterocycles. The number of likely N-dealkylation sites (tertiary alicyclic amines) is 2. The molecule has 5 rings (SSSR count). The third kappa shape index (κ3) is 3.33. The van der Waals surface area contributed by atoms with E-state index in [1.54, 1.807) is 6.20 Å². The van der Waals surface area contributed by atoms with E-state index in [0.717, 1.165) is 42.8 Å². The number of hydrogen-bond donors (Lipinski definition) is 1. The maximum absolute atomic E-state index is 13.1. The molecule has 0 bridgehead atoms. The SMILES string of the molecule is C[C@@]1(c2ccc(Cl)cc2)Cc2cc(C(=O)N3CC[C@H](N4CCCC4=O)C3)cnc2N1. The van der Waals surface area contributed by atoms with Gasteiger partial charge in [-0.1, -0.05) is 23.7 Å². The number of nitrogens with one attached hydrogen (secondary N) is 1. The van der Waals surface area contributed by atoms with Crippen LogP contribution in [0.1, 0.15) is 47.7 Å². The van der Waals surface area contributed by atoms with Gasteiger partial charge in [-0.25, -0.2) is 4.98 Å². The number of aromatic nitrogens is 1. The summed E-state index contributed by atoms with van der Waals surface area (Å²) in [5, 5.41) is 4.22. The second kappa shape index (κ2) is 7.27. The largest absolute Gasteiger partial charge is 0.360 e. The average molecular weight is 425 g/mol. The summed E-state index contributed by atoms with van der Waals surface area (Å²) in [4.78, 5) is 33.5. The molecule has 2 atom stereocenters. The van der Waals surface area contributed by atoms with E-state index in [1.807, 2.05) is 40.1 Å². The van der Waals surface area contributed by atoms with Crippen LogP contribution in [0, 0.1) is 0 Å². The summed E-state index contributed by atoms with van der Waals surface area (Å²) in [6, 6.07) is 9.96. The summed E-state index contributed by atoms with van der Waals surface area (Å²) < 4.78 is 0. The smallest absolute Gasteiger partial charge is 0.255 e. The lowest BCUT2D eigenvalue weighted by Gasteiger charge is -2.25. The van der Waals surface area contributed by atoms with Crippen LogP contribution >= 0.6 is 11.6 Å². The molecule has 156 valence electrons. The van der Waals surface area contributed by atoms with Crippen molar-refractivity contribution >= 4 is 29.2 Å². The highest BCUT2D eigenvalue weighted by atomic mass is 35.5. The van der Waals surface area contributed by atoms with Crippen LogP contribution in [0.25, 0.3) is 0 Å². The van der Waals surface area contributed by atoms with Crippen LogP contribution in [0.5, 0.6) is 0 Å². The zero-order valence-corrected chi connectivity index (χ0v) is 17.8. The van der Waals surface area contributed by atoms with E-state index >= 15 is 0 Å². The average Bonchev–Trinajstić information content (AvgIpc) is 3.45. The molecule has 7 heteroatoms. The summed E-state index contributed by atoms with van der Waals surface area (Å²) in [5.41, 5.74) is 2.51. The lowest BCUT2D eigenvalue weighted by molar-refractivity contribution is -0.129. The summed E-state index contributed by atoms with van der Waals surface area (Å²) in [6.07, 6.45) is 4.83. The molecular formula is C23H25ClN4O2. The van der Waals surface area contributed by atoms with Crippen molar-refractivity contribution < 1.29 is 9.59 Å². The van der Waals surface area contributed by atoms with Crippen LogP contribution in [0.15, 0.2) is 36.5 Å². The van der Waals surface area contributed by atoms with Crippen molar-refractivity contribution in [2.75, 3.05) is 25.0 Å². The van der Waals surface area contributed by atoms with Gasteiger partial charge in [0.1, 0.15) is 5.82 Å². The molecule has 2 amide bonds. The summed E-state index contributed by atoms with van der Waals surface area (Å²) in [6.45, 7) is 4.26. The Balaban J connectivity index is 1.31. The quantitative estimate of drug-likeness (QED) is 0.819. The molecule has 2 aromatic rings. The van der Waals surface area contributed by atoms with Gasteiger partial charge in [0, 0.05) is 43.7 Å². The van der Waals surface area contributed by atoms with E-state index in [-0.39, 0.29) is 23.4 Å². The van der Waals surface area contributed by atoms with Crippen LogP contribution in [-0.2, 0) is 16.8 Å². The standard InChI is InChI=1S/C23H25ClN4O2/c1-23(17-4-6-18(24)7-5-17)12-15-11-16(13-25-21(15)26-23)22(30)27-10-8-19(14-27)28-9-2-3-20(28)29/h4-7,11,13,19H,2-3,8-10,12,14H2,1H3,(H,25,26)/t19-,23-/m0/s1. The Bertz CT molecular complexity index is 1010. The van der Waals surface area contributed by atoms with Gasteiger partial charge in [-0.3, -0.25) is 9.59 Å². The van der Waals surface area contributed by atoms with Gasteiger partial charge in [-0.2, -0.15) is 0 Å². The lowest BCUT2D eigenvalue weighted by Crippen LogP contribution is -2.39. The highest BCUT2D eigenvalue weighted by molar-refractivity contribution is 6.30. The van der Waals surface area contributed by atoms with E-state index in [1.165, 1.54) is 0 Å². The zero-order valence-electron chi connectivity index (χ0n) is 17.0. The van der Waals surface area contributed by atoms with Crippen molar-refractivity contribution in [1.82, 2.24) is 14.8 Å². The van der Waals surface area contributed by atoms with Crippen LogP contribution in [0.3, 0.4) is 0 Å². The predicted molar refractivity (Wildman–Crippen MR) is 116 cm³/mol. The maximum Gasteiger partial charge on any atom is 0.255 e. The van der Waals surface area contributed by atoms with E-state index in [9.17, 15) is 9.59 Å². The molecular weight excluding hydrogens is 400 g/mol. The summed E-state index contributed by atoms with van der Waals surface area (Å²) in [7, 11) is 0. The lowest BCUT2D eigenvalue weighted by atomic mass is 9.89. The molecule has 6 nitrogen and oxygen atoms in total. The molecule has 2 fully saturated rings. The Morgan fingerprint density at radius 3 is 2.80 bits per heavy atom. The fourth-order valence-electron chi connectivity index (χ4n) is 4.97. The van der Waals surface area contributed by atoms with Crippen molar-refractivity contribution in [1.29, 1.82) is 0 Å². The number of halogens is 1. The number of benzene rings is 1. The molecule has 0 saturated carbocycles. The third-order valence-electron chi connectivity index (χ3n) is 6.63. The van der Waals surface area contributed by atoms with Gasteiger partial charge >= 0.3 is 0 Å². The highest BCUT2D eigenvalue weighted by Crippen LogP contribution is 2.38. The third-order valence-corrected chi connectivity index (χ3v) is 6.89. The number of fused-ring (bicyclic) bond motifs is 1. The minimum Gasteiger partial charge on any atom is -0.360 e. The summed E-state index contributed by atoms with van der Waals surface area (Å²) in [5.74, 6) is 1.05. The van der Waals surface area contributed by atoms with Crippen molar-refractivity contribution in [2.24, 2.45) is 0 Å². The number of rotatable bonds is 3. The first-order chi connectivity index (χ1) is 14.4. The van der Waals surface area contributed by atoms with Gasteiger partial charge in [-0.05, 0) is 49.1 Å². The molecule has 30 heavy (non-hydrogen) atoms. The van der Waals surface area contributed by atoms with Gasteiger partial charge in [-0.15, -0.1) is 0 Å². The molecule has 1 aromatic carbocycles. The van der Waals surface area contributed by atoms with Crippen LogP contribution in [0.2, 0.25) is 5.02 Å². The number of amides is 2. The van der Waals surface area contributed by atoms with Crippen molar-refractivity contribution in [3.05, 3.63) is 58.2 Å². The molecule has 0 unspecified atom stereocenters. The first-order valence-corrected chi connectivity index (χ1v) is 10.9. The fraction of sp³-hybridized carbons (Fsp3) is 0.435. The molecule has 3 aliphatic heterocycles. The van der Waals surface area contributed by atoms with Gasteiger partial charge in [0.05, 0.1) is 17.1 Å². The fourth-order valence-corrected chi connectivity index (χ4v) is 5.10. The Kier molecular flexibility index (Phi) is 4.69. The molecule has 3 aliphatic rings. The number of hydrogen-bond acceptors (Lipinski definition) is 4. The number of pyridine rings is 1. The van der Waals surface area contributed by atoms with Gasteiger partial charge in [0.2, 0.25) is 5.91 Å². The van der Waals surface area contributed by atoms with Crippen molar-refractivity contribution in [3.8, 4) is 0 Å². The number of carbonyl (C=O) groups is 2. The van der Waals surface area contributed by atoms with Crippen LogP contribution in [-0.4, -0.2) is 52.3 Å². The van der Waals surface area contributed by atoms with E-state index in [4.69, 9.17) is 11.6 Å². The zero-order chi connectivity index (χ0) is 20.9.